The van der Waals surface area contributed by atoms with Gasteiger partial charge in [0, 0.05) is 30.1 Å². The van der Waals surface area contributed by atoms with E-state index in [2.05, 4.69) is 6.07 Å². The number of hydrogen-bond donors (Lipinski definition) is 0. The topological polar surface area (TPSA) is 55.6 Å². The summed E-state index contributed by atoms with van der Waals surface area (Å²) >= 11 is 5.89. The molecule has 1 fully saturated rings. The van der Waals surface area contributed by atoms with Crippen LogP contribution in [0.15, 0.2) is 42.5 Å². The van der Waals surface area contributed by atoms with Crippen LogP contribution in [0.5, 0.6) is 5.75 Å². The first-order valence-corrected chi connectivity index (χ1v) is 7.79. The molecule has 0 saturated carbocycles. The lowest BCUT2D eigenvalue weighted by molar-refractivity contribution is -0.384. The Morgan fingerprint density at radius 1 is 1.30 bits per heavy atom. The van der Waals surface area contributed by atoms with Crippen molar-refractivity contribution >= 4 is 23.0 Å². The highest BCUT2D eigenvalue weighted by molar-refractivity contribution is 6.30. The van der Waals surface area contributed by atoms with Crippen molar-refractivity contribution in [3.63, 3.8) is 0 Å². The molecule has 0 N–H and O–H groups in total. The van der Waals surface area contributed by atoms with E-state index in [0.29, 0.717) is 16.6 Å². The molecule has 5 nitrogen and oxygen atoms in total. The maximum Gasteiger partial charge on any atom is 0.294 e. The van der Waals surface area contributed by atoms with Crippen molar-refractivity contribution in [1.82, 2.24) is 0 Å². The summed E-state index contributed by atoms with van der Waals surface area (Å²) in [5.74, 6) is 1.16. The van der Waals surface area contributed by atoms with Gasteiger partial charge in [-0.05, 0) is 30.2 Å². The molecular weight excluding hydrogens is 316 g/mol. The number of ether oxygens (including phenoxy) is 1. The van der Waals surface area contributed by atoms with Gasteiger partial charge in [-0.25, -0.2) is 0 Å². The van der Waals surface area contributed by atoms with Crippen LogP contribution in [0.2, 0.25) is 5.02 Å². The summed E-state index contributed by atoms with van der Waals surface area (Å²) in [5.41, 5.74) is 1.82. The summed E-state index contributed by atoms with van der Waals surface area (Å²) in [6.45, 7) is 1.49. The van der Waals surface area contributed by atoms with Gasteiger partial charge in [-0.1, -0.05) is 29.8 Å². The van der Waals surface area contributed by atoms with Gasteiger partial charge >= 0.3 is 0 Å². The van der Waals surface area contributed by atoms with Gasteiger partial charge < -0.3 is 9.64 Å². The number of hydrogen-bond acceptors (Lipinski definition) is 4. The van der Waals surface area contributed by atoms with Crippen molar-refractivity contribution in [2.75, 3.05) is 25.1 Å². The Labute approximate surface area is 139 Å². The molecular formula is C17H17ClN2O3. The number of halogens is 1. The molecule has 0 aliphatic carbocycles. The molecule has 2 aromatic carbocycles. The Morgan fingerprint density at radius 3 is 2.83 bits per heavy atom. The fraction of sp³-hybridized carbons (Fsp3) is 0.294. The third-order valence-electron chi connectivity index (χ3n) is 4.24. The summed E-state index contributed by atoms with van der Waals surface area (Å²) in [7, 11) is 1.66. The summed E-state index contributed by atoms with van der Waals surface area (Å²) in [6.07, 6.45) is 0.931. The van der Waals surface area contributed by atoms with E-state index in [4.69, 9.17) is 16.3 Å². The van der Waals surface area contributed by atoms with Crippen LogP contribution in [0.3, 0.4) is 0 Å². The number of methoxy groups -OCH3 is 1. The van der Waals surface area contributed by atoms with Crippen LogP contribution >= 0.6 is 11.6 Å². The van der Waals surface area contributed by atoms with Crippen molar-refractivity contribution in [3.8, 4) is 5.75 Å². The molecule has 0 bridgehead atoms. The lowest BCUT2D eigenvalue weighted by Crippen LogP contribution is -2.20. The van der Waals surface area contributed by atoms with Gasteiger partial charge in [0.15, 0.2) is 0 Å². The Hall–Kier alpha value is -2.27. The molecule has 6 heteroatoms. The first kappa shape index (κ1) is 15.6. The average Bonchev–Trinajstić information content (AvgIpc) is 3.04. The smallest absolute Gasteiger partial charge is 0.294 e. The fourth-order valence-electron chi connectivity index (χ4n) is 3.15. The van der Waals surface area contributed by atoms with Gasteiger partial charge in [-0.2, -0.15) is 0 Å². The molecule has 23 heavy (non-hydrogen) atoms. The zero-order valence-corrected chi connectivity index (χ0v) is 13.5. The molecule has 2 aromatic rings. The van der Waals surface area contributed by atoms with Crippen LogP contribution in [0.4, 0.5) is 11.4 Å². The van der Waals surface area contributed by atoms with Crippen LogP contribution in [-0.2, 0) is 0 Å². The minimum absolute atomic E-state index is 0.0539. The number of nitro groups is 1. The molecule has 120 valence electrons. The SMILES string of the molecule is COc1ccccc1C1CCN(c2ccc(Cl)cc2[N+](=O)[O-])C1. The number of nitro benzene ring substituents is 1. The second kappa shape index (κ2) is 6.46. The van der Waals surface area contributed by atoms with E-state index < -0.39 is 0 Å². The van der Waals surface area contributed by atoms with Gasteiger partial charge in [-0.15, -0.1) is 0 Å². The number of nitrogens with zero attached hydrogens (tertiary/aromatic N) is 2. The minimum Gasteiger partial charge on any atom is -0.496 e. The van der Waals surface area contributed by atoms with E-state index in [0.717, 1.165) is 30.8 Å². The molecule has 1 unspecified atom stereocenters. The number of para-hydroxylation sites is 1. The summed E-state index contributed by atoms with van der Waals surface area (Å²) in [5, 5.41) is 11.7. The first-order valence-electron chi connectivity index (χ1n) is 7.42. The average molecular weight is 333 g/mol. The van der Waals surface area contributed by atoms with E-state index in [1.807, 2.05) is 23.1 Å². The molecule has 0 radical (unpaired) electrons. The normalized spacial score (nSPS) is 17.3. The minimum atomic E-state index is -0.377. The van der Waals surface area contributed by atoms with Crippen molar-refractivity contribution in [3.05, 3.63) is 63.2 Å². The highest BCUT2D eigenvalue weighted by Crippen LogP contribution is 2.39. The molecule has 3 rings (SSSR count). The zero-order valence-electron chi connectivity index (χ0n) is 12.7. The molecule has 1 saturated heterocycles. The van der Waals surface area contributed by atoms with E-state index >= 15 is 0 Å². The van der Waals surface area contributed by atoms with Crippen LogP contribution < -0.4 is 9.64 Å². The third-order valence-corrected chi connectivity index (χ3v) is 4.48. The Bertz CT molecular complexity index is 736. The molecule has 0 spiro atoms. The van der Waals surface area contributed by atoms with E-state index in [1.165, 1.54) is 6.07 Å². The second-order valence-electron chi connectivity index (χ2n) is 5.56. The van der Waals surface area contributed by atoms with Gasteiger partial charge in [0.05, 0.1) is 12.0 Å². The Balaban J connectivity index is 1.87. The standard InChI is InChI=1S/C17H17ClN2O3/c1-23-17-5-3-2-4-14(17)12-8-9-19(11-12)15-7-6-13(18)10-16(15)20(21)22/h2-7,10,12H,8-9,11H2,1H3. The van der Waals surface area contributed by atoms with E-state index in [1.54, 1.807) is 19.2 Å². The van der Waals surface area contributed by atoms with Crippen molar-refractivity contribution in [1.29, 1.82) is 0 Å². The highest BCUT2D eigenvalue weighted by Gasteiger charge is 2.29. The predicted octanol–water partition coefficient (Wildman–Crippen LogP) is 4.25. The molecule has 0 amide bonds. The van der Waals surface area contributed by atoms with Gasteiger partial charge in [0.25, 0.3) is 5.69 Å². The molecule has 0 aromatic heterocycles. The first-order chi connectivity index (χ1) is 11.1. The van der Waals surface area contributed by atoms with Crippen molar-refractivity contribution in [2.45, 2.75) is 12.3 Å². The second-order valence-corrected chi connectivity index (χ2v) is 6.00. The largest absolute Gasteiger partial charge is 0.496 e. The zero-order chi connectivity index (χ0) is 16.4. The summed E-state index contributed by atoms with van der Waals surface area (Å²) < 4.78 is 5.43. The number of rotatable bonds is 4. The lowest BCUT2D eigenvalue weighted by Gasteiger charge is -2.19. The monoisotopic (exact) mass is 332 g/mol. The van der Waals surface area contributed by atoms with E-state index in [-0.39, 0.29) is 10.6 Å². The maximum absolute atomic E-state index is 11.3. The third kappa shape index (κ3) is 3.10. The van der Waals surface area contributed by atoms with Crippen LogP contribution in [0, 0.1) is 10.1 Å². The fourth-order valence-corrected chi connectivity index (χ4v) is 3.31. The molecule has 1 aliphatic rings. The number of benzene rings is 2. The summed E-state index contributed by atoms with van der Waals surface area (Å²) in [6, 6.07) is 12.8. The molecule has 1 heterocycles. The highest BCUT2D eigenvalue weighted by atomic mass is 35.5. The van der Waals surface area contributed by atoms with Gasteiger partial charge in [-0.3, -0.25) is 10.1 Å². The van der Waals surface area contributed by atoms with Crippen molar-refractivity contribution < 1.29 is 9.66 Å². The predicted molar refractivity (Wildman–Crippen MR) is 90.7 cm³/mol. The molecule has 1 aliphatic heterocycles. The van der Waals surface area contributed by atoms with Gasteiger partial charge in [0.1, 0.15) is 11.4 Å². The Kier molecular flexibility index (Phi) is 4.39. The summed E-state index contributed by atoms with van der Waals surface area (Å²) in [4.78, 5) is 13.0. The van der Waals surface area contributed by atoms with Crippen LogP contribution in [-0.4, -0.2) is 25.1 Å². The van der Waals surface area contributed by atoms with Crippen molar-refractivity contribution in [2.24, 2.45) is 0 Å². The quantitative estimate of drug-likeness (QED) is 0.620. The molecule has 1 atom stereocenters. The maximum atomic E-state index is 11.3. The van der Waals surface area contributed by atoms with E-state index in [9.17, 15) is 10.1 Å². The van der Waals surface area contributed by atoms with Crippen LogP contribution in [0.25, 0.3) is 0 Å². The Morgan fingerprint density at radius 2 is 2.09 bits per heavy atom. The van der Waals surface area contributed by atoms with Crippen LogP contribution in [0.1, 0.15) is 17.9 Å². The lowest BCUT2D eigenvalue weighted by atomic mass is 9.97. The van der Waals surface area contributed by atoms with Gasteiger partial charge in [0.2, 0.25) is 0 Å². The number of anilines is 1.